The predicted octanol–water partition coefficient (Wildman–Crippen LogP) is 4.05. The SMILES string of the molecule is CC(=O)Nc1ccc(NC(=O)c2cc(Nc3cc(C)cc(C)c3)ncn2)cc1. The van der Waals surface area contributed by atoms with Crippen molar-refractivity contribution in [3.05, 3.63) is 71.7 Å². The van der Waals surface area contributed by atoms with Gasteiger partial charge in [-0.3, -0.25) is 9.59 Å². The van der Waals surface area contributed by atoms with Crippen molar-refractivity contribution in [2.24, 2.45) is 0 Å². The van der Waals surface area contributed by atoms with E-state index in [0.29, 0.717) is 17.2 Å². The maximum Gasteiger partial charge on any atom is 0.274 e. The number of aromatic nitrogens is 2. The first-order chi connectivity index (χ1) is 13.4. The molecule has 0 saturated heterocycles. The van der Waals surface area contributed by atoms with Gasteiger partial charge in [0.15, 0.2) is 0 Å². The molecule has 0 spiro atoms. The van der Waals surface area contributed by atoms with Crippen molar-refractivity contribution >= 4 is 34.7 Å². The van der Waals surface area contributed by atoms with Crippen LogP contribution in [0.25, 0.3) is 0 Å². The van der Waals surface area contributed by atoms with E-state index in [1.165, 1.54) is 13.3 Å². The van der Waals surface area contributed by atoms with E-state index in [0.717, 1.165) is 16.8 Å². The van der Waals surface area contributed by atoms with E-state index >= 15 is 0 Å². The van der Waals surface area contributed by atoms with Gasteiger partial charge >= 0.3 is 0 Å². The van der Waals surface area contributed by atoms with Crippen LogP contribution in [0, 0.1) is 13.8 Å². The minimum Gasteiger partial charge on any atom is -0.340 e. The van der Waals surface area contributed by atoms with E-state index in [1.54, 1.807) is 30.3 Å². The Bertz CT molecular complexity index is 995. The number of hydrogen-bond acceptors (Lipinski definition) is 5. The van der Waals surface area contributed by atoms with Crippen LogP contribution in [0.5, 0.6) is 0 Å². The molecule has 3 rings (SSSR count). The van der Waals surface area contributed by atoms with E-state index in [4.69, 9.17) is 0 Å². The number of nitrogens with zero attached hydrogens (tertiary/aromatic N) is 2. The van der Waals surface area contributed by atoms with Gasteiger partial charge in [-0.2, -0.15) is 0 Å². The zero-order chi connectivity index (χ0) is 20.1. The number of rotatable bonds is 5. The average Bonchev–Trinajstić information content (AvgIpc) is 2.62. The van der Waals surface area contributed by atoms with Gasteiger partial charge in [-0.1, -0.05) is 6.07 Å². The molecule has 3 N–H and O–H groups in total. The lowest BCUT2D eigenvalue weighted by Crippen LogP contribution is -2.14. The van der Waals surface area contributed by atoms with E-state index in [2.05, 4.69) is 32.0 Å². The molecule has 0 radical (unpaired) electrons. The summed E-state index contributed by atoms with van der Waals surface area (Å²) >= 11 is 0. The second-order valence-electron chi connectivity index (χ2n) is 6.50. The molecule has 7 heteroatoms. The van der Waals surface area contributed by atoms with Gasteiger partial charge in [0.25, 0.3) is 5.91 Å². The van der Waals surface area contributed by atoms with Crippen LogP contribution >= 0.6 is 0 Å². The molecule has 3 aromatic rings. The predicted molar refractivity (Wildman–Crippen MR) is 110 cm³/mol. The lowest BCUT2D eigenvalue weighted by molar-refractivity contribution is -0.114. The highest BCUT2D eigenvalue weighted by atomic mass is 16.2. The van der Waals surface area contributed by atoms with Crippen LogP contribution in [0.4, 0.5) is 22.9 Å². The zero-order valence-corrected chi connectivity index (χ0v) is 15.9. The molecular formula is C21H21N5O2. The summed E-state index contributed by atoms with van der Waals surface area (Å²) in [4.78, 5) is 31.8. The van der Waals surface area contributed by atoms with Crippen LogP contribution in [0.1, 0.15) is 28.5 Å². The Labute approximate surface area is 163 Å². The molecule has 7 nitrogen and oxygen atoms in total. The van der Waals surface area contributed by atoms with Crippen LogP contribution in [-0.4, -0.2) is 21.8 Å². The lowest BCUT2D eigenvalue weighted by Gasteiger charge is -2.09. The topological polar surface area (TPSA) is 96.0 Å². The minimum atomic E-state index is -0.349. The molecule has 0 bridgehead atoms. The van der Waals surface area contributed by atoms with E-state index in [9.17, 15) is 9.59 Å². The maximum atomic E-state index is 12.5. The second kappa shape index (κ2) is 8.30. The molecule has 0 aliphatic carbocycles. The molecule has 0 saturated carbocycles. The van der Waals surface area contributed by atoms with E-state index < -0.39 is 0 Å². The monoisotopic (exact) mass is 375 g/mol. The average molecular weight is 375 g/mol. The number of anilines is 4. The first-order valence-electron chi connectivity index (χ1n) is 8.75. The third kappa shape index (κ3) is 5.14. The van der Waals surface area contributed by atoms with Crippen LogP contribution in [0.3, 0.4) is 0 Å². The van der Waals surface area contributed by atoms with Gasteiger partial charge in [0.1, 0.15) is 17.8 Å². The Hall–Kier alpha value is -3.74. The zero-order valence-electron chi connectivity index (χ0n) is 15.9. The van der Waals surface area contributed by atoms with Crippen molar-refractivity contribution < 1.29 is 9.59 Å². The normalized spacial score (nSPS) is 10.2. The highest BCUT2D eigenvalue weighted by Crippen LogP contribution is 2.19. The summed E-state index contributed by atoms with van der Waals surface area (Å²) in [5, 5.41) is 8.65. The molecule has 0 aliphatic heterocycles. The van der Waals surface area contributed by atoms with Crippen molar-refractivity contribution in [1.29, 1.82) is 0 Å². The quantitative estimate of drug-likeness (QED) is 0.625. The molecule has 1 heterocycles. The maximum absolute atomic E-state index is 12.5. The summed E-state index contributed by atoms with van der Waals surface area (Å²) < 4.78 is 0. The van der Waals surface area contributed by atoms with Gasteiger partial charge in [0.2, 0.25) is 5.91 Å². The Morgan fingerprint density at radius 2 is 1.39 bits per heavy atom. The fourth-order valence-electron chi connectivity index (χ4n) is 2.78. The van der Waals surface area contributed by atoms with Gasteiger partial charge < -0.3 is 16.0 Å². The second-order valence-corrected chi connectivity index (χ2v) is 6.50. The summed E-state index contributed by atoms with van der Waals surface area (Å²) in [6.07, 6.45) is 1.35. The summed E-state index contributed by atoms with van der Waals surface area (Å²) in [6, 6.07) is 14.5. The number of aryl methyl sites for hydroxylation is 2. The van der Waals surface area contributed by atoms with Crippen molar-refractivity contribution in [1.82, 2.24) is 9.97 Å². The van der Waals surface area contributed by atoms with Crippen LogP contribution in [-0.2, 0) is 4.79 Å². The fourth-order valence-corrected chi connectivity index (χ4v) is 2.78. The molecule has 0 aliphatic rings. The molecule has 0 unspecified atom stereocenters. The molecule has 2 aromatic carbocycles. The molecule has 28 heavy (non-hydrogen) atoms. The largest absolute Gasteiger partial charge is 0.340 e. The van der Waals surface area contributed by atoms with Crippen molar-refractivity contribution in [3.63, 3.8) is 0 Å². The van der Waals surface area contributed by atoms with Crippen molar-refractivity contribution in [2.75, 3.05) is 16.0 Å². The van der Waals surface area contributed by atoms with Crippen molar-refractivity contribution in [2.45, 2.75) is 20.8 Å². The molecule has 1 aromatic heterocycles. The van der Waals surface area contributed by atoms with Gasteiger partial charge in [0.05, 0.1) is 0 Å². The summed E-state index contributed by atoms with van der Waals surface area (Å²) in [5.74, 6) is 0.0333. The van der Waals surface area contributed by atoms with Gasteiger partial charge in [-0.25, -0.2) is 9.97 Å². The number of benzene rings is 2. The number of amides is 2. The molecule has 0 atom stereocenters. The number of carbonyl (C=O) groups excluding carboxylic acids is 2. The first-order valence-corrected chi connectivity index (χ1v) is 8.75. The Morgan fingerprint density at radius 3 is 2.00 bits per heavy atom. The fraction of sp³-hybridized carbons (Fsp3) is 0.143. The minimum absolute atomic E-state index is 0.151. The standard InChI is InChI=1S/C21H21N5O2/c1-13-8-14(2)10-18(9-13)25-20-11-19(22-12-23-20)21(28)26-17-6-4-16(5-7-17)24-15(3)27/h4-12H,1-3H3,(H,24,27)(H,26,28)(H,22,23,25). The van der Waals surface area contributed by atoms with Gasteiger partial charge in [-0.15, -0.1) is 0 Å². The Morgan fingerprint density at radius 1 is 0.786 bits per heavy atom. The summed E-state index contributed by atoms with van der Waals surface area (Å²) in [7, 11) is 0. The van der Waals surface area contributed by atoms with Crippen LogP contribution in [0.2, 0.25) is 0 Å². The van der Waals surface area contributed by atoms with Crippen LogP contribution < -0.4 is 16.0 Å². The third-order valence-electron chi connectivity index (χ3n) is 3.86. The molecule has 0 fully saturated rings. The Kier molecular flexibility index (Phi) is 5.64. The van der Waals surface area contributed by atoms with Crippen LogP contribution in [0.15, 0.2) is 54.9 Å². The summed E-state index contributed by atoms with van der Waals surface area (Å²) in [5.41, 5.74) is 4.67. The first kappa shape index (κ1) is 19.0. The summed E-state index contributed by atoms with van der Waals surface area (Å²) in [6.45, 7) is 5.48. The highest BCUT2D eigenvalue weighted by Gasteiger charge is 2.10. The Balaban J connectivity index is 1.70. The van der Waals surface area contributed by atoms with E-state index in [1.807, 2.05) is 26.0 Å². The number of nitrogens with one attached hydrogen (secondary N) is 3. The molecule has 142 valence electrons. The van der Waals surface area contributed by atoms with E-state index in [-0.39, 0.29) is 17.5 Å². The van der Waals surface area contributed by atoms with Crippen molar-refractivity contribution in [3.8, 4) is 0 Å². The number of carbonyl (C=O) groups is 2. The highest BCUT2D eigenvalue weighted by molar-refractivity contribution is 6.03. The molecular weight excluding hydrogens is 354 g/mol. The number of hydrogen-bond donors (Lipinski definition) is 3. The molecule has 2 amide bonds. The van der Waals surface area contributed by atoms with Gasteiger partial charge in [0, 0.05) is 30.1 Å². The smallest absolute Gasteiger partial charge is 0.274 e. The third-order valence-corrected chi connectivity index (χ3v) is 3.86. The lowest BCUT2D eigenvalue weighted by atomic mass is 10.1. The van der Waals surface area contributed by atoms with Gasteiger partial charge in [-0.05, 0) is 61.4 Å².